The van der Waals surface area contributed by atoms with Gasteiger partial charge in [0.1, 0.15) is 0 Å². The van der Waals surface area contributed by atoms with Crippen molar-refractivity contribution in [1.29, 1.82) is 0 Å². The van der Waals surface area contributed by atoms with Crippen LogP contribution in [-0.4, -0.2) is 20.6 Å². The zero-order valence-electron chi connectivity index (χ0n) is 9.22. The second-order valence-electron chi connectivity index (χ2n) is 3.97. The molecule has 5 heteroatoms. The van der Waals surface area contributed by atoms with E-state index in [-0.39, 0.29) is 5.84 Å². The molecule has 1 heterocycles. The quantitative estimate of drug-likeness (QED) is 0.334. The number of oxime groups is 1. The van der Waals surface area contributed by atoms with Crippen molar-refractivity contribution < 1.29 is 5.21 Å². The van der Waals surface area contributed by atoms with E-state index < -0.39 is 0 Å². The van der Waals surface area contributed by atoms with Crippen molar-refractivity contribution in [1.82, 2.24) is 9.55 Å². The van der Waals surface area contributed by atoms with Crippen molar-refractivity contribution in [2.24, 2.45) is 16.8 Å². The van der Waals surface area contributed by atoms with Crippen LogP contribution in [0.1, 0.15) is 32.5 Å². The van der Waals surface area contributed by atoms with E-state index in [4.69, 9.17) is 10.9 Å². The number of hydrogen-bond acceptors (Lipinski definition) is 3. The molecule has 0 aliphatic carbocycles. The fourth-order valence-corrected chi connectivity index (χ4v) is 1.44. The lowest BCUT2D eigenvalue weighted by molar-refractivity contribution is 0.318. The molecule has 3 N–H and O–H groups in total. The van der Waals surface area contributed by atoms with Gasteiger partial charge in [0.2, 0.25) is 5.84 Å². The minimum absolute atomic E-state index is 0.0598. The first kappa shape index (κ1) is 11.6. The molecule has 0 aliphatic rings. The van der Waals surface area contributed by atoms with Crippen molar-refractivity contribution in [3.63, 3.8) is 0 Å². The molecule has 1 aromatic rings. The average molecular weight is 210 g/mol. The van der Waals surface area contributed by atoms with E-state index in [1.165, 1.54) is 0 Å². The maximum absolute atomic E-state index is 8.55. The van der Waals surface area contributed by atoms with Crippen molar-refractivity contribution in [2.45, 2.75) is 33.2 Å². The highest BCUT2D eigenvalue weighted by Gasteiger charge is 2.07. The molecule has 0 atom stereocenters. The number of amidine groups is 1. The van der Waals surface area contributed by atoms with Crippen molar-refractivity contribution >= 4 is 5.84 Å². The van der Waals surface area contributed by atoms with E-state index in [0.29, 0.717) is 11.7 Å². The lowest BCUT2D eigenvalue weighted by Gasteiger charge is -2.07. The first-order valence-electron chi connectivity index (χ1n) is 5.14. The van der Waals surface area contributed by atoms with Gasteiger partial charge in [0.15, 0.2) is 5.82 Å². The molecule has 0 spiro atoms. The van der Waals surface area contributed by atoms with Crippen LogP contribution >= 0.6 is 0 Å². The molecular formula is C10H18N4O. The Hall–Kier alpha value is -1.52. The van der Waals surface area contributed by atoms with Gasteiger partial charge in [-0.1, -0.05) is 19.0 Å². The van der Waals surface area contributed by atoms with Crippen molar-refractivity contribution in [2.75, 3.05) is 0 Å². The van der Waals surface area contributed by atoms with E-state index in [1.807, 2.05) is 10.8 Å². The van der Waals surface area contributed by atoms with Crippen LogP contribution in [0.25, 0.3) is 0 Å². The standard InChI is InChI=1S/C10H18N4O/c1-8(2)4-3-6-14-7-5-12-10(14)9(11)13-15/h5,7-8,15H,3-4,6H2,1-2H3,(H2,11,13). The van der Waals surface area contributed by atoms with Crippen LogP contribution in [0.2, 0.25) is 0 Å². The van der Waals surface area contributed by atoms with Crippen LogP contribution in [0, 0.1) is 5.92 Å². The monoisotopic (exact) mass is 210 g/mol. The zero-order chi connectivity index (χ0) is 11.3. The van der Waals surface area contributed by atoms with Gasteiger partial charge in [-0.25, -0.2) is 4.98 Å². The summed E-state index contributed by atoms with van der Waals surface area (Å²) in [6, 6.07) is 0. The molecule has 0 saturated carbocycles. The maximum atomic E-state index is 8.55. The van der Waals surface area contributed by atoms with Gasteiger partial charge in [0.25, 0.3) is 0 Å². The molecule has 0 unspecified atom stereocenters. The van der Waals surface area contributed by atoms with Gasteiger partial charge in [0.05, 0.1) is 0 Å². The third kappa shape index (κ3) is 3.27. The molecule has 0 bridgehead atoms. The molecular weight excluding hydrogens is 192 g/mol. The summed E-state index contributed by atoms with van der Waals surface area (Å²) in [5.41, 5.74) is 5.49. The molecule has 1 aromatic heterocycles. The normalized spacial score (nSPS) is 12.3. The lowest BCUT2D eigenvalue weighted by atomic mass is 10.1. The molecule has 0 aromatic carbocycles. The third-order valence-electron chi connectivity index (χ3n) is 2.23. The number of rotatable bonds is 5. The van der Waals surface area contributed by atoms with Gasteiger partial charge in [-0.2, -0.15) is 0 Å². The largest absolute Gasteiger partial charge is 0.409 e. The van der Waals surface area contributed by atoms with Crippen LogP contribution in [0.4, 0.5) is 0 Å². The van der Waals surface area contributed by atoms with E-state index in [1.54, 1.807) is 6.20 Å². The molecule has 84 valence electrons. The van der Waals surface area contributed by atoms with Crippen LogP contribution < -0.4 is 5.73 Å². The number of hydrogen-bond donors (Lipinski definition) is 2. The average Bonchev–Trinajstić information content (AvgIpc) is 2.64. The maximum Gasteiger partial charge on any atom is 0.206 e. The van der Waals surface area contributed by atoms with E-state index in [0.717, 1.165) is 19.4 Å². The molecule has 0 fully saturated rings. The Morgan fingerprint density at radius 2 is 2.40 bits per heavy atom. The predicted molar refractivity (Wildman–Crippen MR) is 58.8 cm³/mol. The molecule has 5 nitrogen and oxygen atoms in total. The molecule has 0 radical (unpaired) electrons. The van der Waals surface area contributed by atoms with Crippen LogP contribution in [-0.2, 0) is 6.54 Å². The Bertz CT molecular complexity index is 330. The highest BCUT2D eigenvalue weighted by Crippen LogP contribution is 2.06. The summed E-state index contributed by atoms with van der Waals surface area (Å²) in [5, 5.41) is 11.5. The smallest absolute Gasteiger partial charge is 0.206 e. The van der Waals surface area contributed by atoms with Gasteiger partial charge in [-0.3, -0.25) is 0 Å². The molecule has 0 amide bonds. The highest BCUT2D eigenvalue weighted by molar-refractivity contribution is 5.93. The lowest BCUT2D eigenvalue weighted by Crippen LogP contribution is -2.19. The number of aryl methyl sites for hydroxylation is 1. The topological polar surface area (TPSA) is 76.4 Å². The van der Waals surface area contributed by atoms with Gasteiger partial charge in [-0.05, 0) is 18.8 Å². The summed E-state index contributed by atoms with van der Waals surface area (Å²) in [6.07, 6.45) is 5.73. The van der Waals surface area contributed by atoms with Crippen LogP contribution in [0.5, 0.6) is 0 Å². The minimum Gasteiger partial charge on any atom is -0.409 e. The molecule has 0 saturated heterocycles. The summed E-state index contributed by atoms with van der Waals surface area (Å²) in [4.78, 5) is 4.03. The fourth-order valence-electron chi connectivity index (χ4n) is 1.44. The number of nitrogens with two attached hydrogens (primary N) is 1. The Balaban J connectivity index is 2.58. The number of imidazole rings is 1. The van der Waals surface area contributed by atoms with Gasteiger partial charge < -0.3 is 15.5 Å². The van der Waals surface area contributed by atoms with Crippen LogP contribution in [0.15, 0.2) is 17.5 Å². The first-order valence-corrected chi connectivity index (χ1v) is 5.14. The highest BCUT2D eigenvalue weighted by atomic mass is 16.4. The second kappa shape index (κ2) is 5.38. The summed E-state index contributed by atoms with van der Waals surface area (Å²) in [7, 11) is 0. The summed E-state index contributed by atoms with van der Waals surface area (Å²) in [5.74, 6) is 1.28. The molecule has 0 aliphatic heterocycles. The number of nitrogens with zero attached hydrogens (tertiary/aromatic N) is 3. The molecule has 15 heavy (non-hydrogen) atoms. The minimum atomic E-state index is 0.0598. The third-order valence-corrected chi connectivity index (χ3v) is 2.23. The summed E-state index contributed by atoms with van der Waals surface area (Å²) in [6.45, 7) is 5.24. The predicted octanol–water partition coefficient (Wildman–Crippen LogP) is 1.41. The fraction of sp³-hybridized carbons (Fsp3) is 0.600. The Morgan fingerprint density at radius 3 is 3.00 bits per heavy atom. The second-order valence-corrected chi connectivity index (χ2v) is 3.97. The van der Waals surface area contributed by atoms with Crippen LogP contribution in [0.3, 0.4) is 0 Å². The summed E-state index contributed by atoms with van der Waals surface area (Å²) < 4.78 is 1.90. The Morgan fingerprint density at radius 1 is 1.67 bits per heavy atom. The van der Waals surface area contributed by atoms with Gasteiger partial charge in [0, 0.05) is 18.9 Å². The van der Waals surface area contributed by atoms with E-state index in [2.05, 4.69) is 24.0 Å². The van der Waals surface area contributed by atoms with Crippen molar-refractivity contribution in [3.8, 4) is 0 Å². The van der Waals surface area contributed by atoms with E-state index in [9.17, 15) is 0 Å². The number of aromatic nitrogens is 2. The van der Waals surface area contributed by atoms with E-state index >= 15 is 0 Å². The first-order chi connectivity index (χ1) is 7.15. The van der Waals surface area contributed by atoms with Gasteiger partial charge >= 0.3 is 0 Å². The Labute approximate surface area is 89.6 Å². The van der Waals surface area contributed by atoms with Gasteiger partial charge in [-0.15, -0.1) is 0 Å². The molecule has 1 rings (SSSR count). The SMILES string of the molecule is CC(C)CCCn1ccnc1/C(N)=N/O. The zero-order valence-corrected chi connectivity index (χ0v) is 9.22. The Kier molecular flexibility index (Phi) is 4.15. The summed E-state index contributed by atoms with van der Waals surface area (Å²) >= 11 is 0. The van der Waals surface area contributed by atoms with Crippen molar-refractivity contribution in [3.05, 3.63) is 18.2 Å².